The number of carbonyl (C=O) groups excluding carboxylic acids is 3. The normalized spacial score (nSPS) is 15.4. The molecular weight excluding hydrogens is 364 g/mol. The van der Waals surface area contributed by atoms with Gasteiger partial charge < -0.3 is 24.4 Å². The summed E-state index contributed by atoms with van der Waals surface area (Å²) in [4.78, 5) is 37.6. The smallest absolute Gasteiger partial charge is 0.409 e. The van der Waals surface area contributed by atoms with Crippen LogP contribution in [-0.4, -0.2) is 55.9 Å². The molecule has 1 fully saturated rings. The number of hydrogen-bond donors (Lipinski definition) is 1. The Hall–Kier alpha value is -2.77. The van der Waals surface area contributed by atoms with Crippen molar-refractivity contribution < 1.29 is 28.6 Å². The molecule has 1 unspecified atom stereocenters. The number of ether oxygens (including phenoxy) is 3. The number of rotatable bonds is 7. The van der Waals surface area contributed by atoms with Gasteiger partial charge >= 0.3 is 18.2 Å². The minimum absolute atomic E-state index is 0.124. The minimum atomic E-state index is -0.785. The molecule has 1 aromatic rings. The van der Waals surface area contributed by atoms with Gasteiger partial charge in [0.15, 0.2) is 0 Å². The predicted molar refractivity (Wildman–Crippen MR) is 102 cm³/mol. The highest BCUT2D eigenvalue weighted by molar-refractivity contribution is 5.81. The van der Waals surface area contributed by atoms with E-state index in [1.165, 1.54) is 7.11 Å². The molecule has 1 aliphatic rings. The summed E-state index contributed by atoms with van der Waals surface area (Å²) in [6.07, 6.45) is 0.917. The molecule has 0 spiro atoms. The fourth-order valence-corrected chi connectivity index (χ4v) is 3.16. The highest BCUT2D eigenvalue weighted by Gasteiger charge is 2.30. The van der Waals surface area contributed by atoms with Crippen molar-refractivity contribution in [2.45, 2.75) is 38.8 Å². The van der Waals surface area contributed by atoms with E-state index in [1.54, 1.807) is 11.8 Å². The van der Waals surface area contributed by atoms with Crippen molar-refractivity contribution in [3.8, 4) is 0 Å². The molecule has 8 heteroatoms. The summed E-state index contributed by atoms with van der Waals surface area (Å²) in [6.45, 7) is 3.37. The van der Waals surface area contributed by atoms with E-state index in [2.05, 4.69) is 5.32 Å². The third kappa shape index (κ3) is 6.75. The van der Waals surface area contributed by atoms with Crippen molar-refractivity contribution in [3.63, 3.8) is 0 Å². The fraction of sp³-hybridized carbons (Fsp3) is 0.550. The molecule has 0 saturated carbocycles. The van der Waals surface area contributed by atoms with Crippen molar-refractivity contribution in [1.29, 1.82) is 0 Å². The molecule has 0 bridgehead atoms. The summed E-state index contributed by atoms with van der Waals surface area (Å²) < 4.78 is 15.0. The number of amides is 2. The van der Waals surface area contributed by atoms with Crippen LogP contribution in [-0.2, 0) is 25.6 Å². The number of esters is 1. The Bertz CT molecular complexity index is 643. The van der Waals surface area contributed by atoms with E-state index in [0.29, 0.717) is 26.1 Å². The van der Waals surface area contributed by atoms with Gasteiger partial charge in [-0.3, -0.25) is 0 Å². The standard InChI is InChI=1S/C20H28N2O6/c1-3-27-20(25)22-11-9-15(10-12-22)13-17(18(23)26-2)21-19(24)28-14-16-7-5-4-6-8-16/h4-8,15,17H,3,9-14H2,1-2H3,(H,21,24). The summed E-state index contributed by atoms with van der Waals surface area (Å²) in [5.74, 6) is -0.325. The van der Waals surface area contributed by atoms with Crippen molar-refractivity contribution in [2.75, 3.05) is 26.8 Å². The first-order chi connectivity index (χ1) is 13.5. The van der Waals surface area contributed by atoms with Crippen LogP contribution in [0.25, 0.3) is 0 Å². The maximum Gasteiger partial charge on any atom is 0.409 e. The lowest BCUT2D eigenvalue weighted by Gasteiger charge is -2.32. The zero-order valence-corrected chi connectivity index (χ0v) is 16.4. The van der Waals surface area contributed by atoms with Gasteiger partial charge in [-0.05, 0) is 37.7 Å². The second-order valence-electron chi connectivity index (χ2n) is 6.65. The monoisotopic (exact) mass is 392 g/mol. The third-order valence-electron chi connectivity index (χ3n) is 4.70. The number of hydrogen-bond acceptors (Lipinski definition) is 6. The number of carbonyl (C=O) groups is 3. The van der Waals surface area contributed by atoms with E-state index < -0.39 is 18.1 Å². The number of methoxy groups -OCH3 is 1. The molecule has 0 aliphatic carbocycles. The van der Waals surface area contributed by atoms with Gasteiger partial charge in [0.05, 0.1) is 13.7 Å². The zero-order valence-electron chi connectivity index (χ0n) is 16.4. The third-order valence-corrected chi connectivity index (χ3v) is 4.70. The van der Waals surface area contributed by atoms with Gasteiger partial charge in [-0.15, -0.1) is 0 Å². The van der Waals surface area contributed by atoms with Gasteiger partial charge in [0.25, 0.3) is 0 Å². The number of likely N-dealkylation sites (tertiary alicyclic amines) is 1. The van der Waals surface area contributed by atoms with E-state index in [9.17, 15) is 14.4 Å². The lowest BCUT2D eigenvalue weighted by atomic mass is 9.90. The van der Waals surface area contributed by atoms with Crippen LogP contribution in [0.5, 0.6) is 0 Å². The molecule has 0 radical (unpaired) electrons. The Morgan fingerprint density at radius 1 is 1.14 bits per heavy atom. The summed E-state index contributed by atoms with van der Waals surface area (Å²) in [7, 11) is 1.29. The maximum atomic E-state index is 12.1. The van der Waals surface area contributed by atoms with Crippen LogP contribution in [0.1, 0.15) is 31.7 Å². The van der Waals surface area contributed by atoms with Crippen LogP contribution in [0.3, 0.4) is 0 Å². The predicted octanol–water partition coefficient (Wildman–Crippen LogP) is 2.71. The zero-order chi connectivity index (χ0) is 20.4. The molecule has 2 amide bonds. The fourth-order valence-electron chi connectivity index (χ4n) is 3.16. The van der Waals surface area contributed by atoms with Gasteiger partial charge in [0, 0.05) is 13.1 Å². The lowest BCUT2D eigenvalue weighted by Crippen LogP contribution is -2.45. The number of alkyl carbamates (subject to hydrolysis) is 1. The van der Waals surface area contributed by atoms with Gasteiger partial charge in [0.2, 0.25) is 0 Å². The van der Waals surface area contributed by atoms with Crippen LogP contribution in [0, 0.1) is 5.92 Å². The highest BCUT2D eigenvalue weighted by atomic mass is 16.6. The largest absolute Gasteiger partial charge is 0.467 e. The Kier molecular flexibility index (Phi) is 8.58. The van der Waals surface area contributed by atoms with Crippen molar-refractivity contribution in [2.24, 2.45) is 5.92 Å². The Labute approximate surface area is 165 Å². The van der Waals surface area contributed by atoms with Gasteiger partial charge in [0.1, 0.15) is 12.6 Å². The summed E-state index contributed by atoms with van der Waals surface area (Å²) in [6, 6.07) is 8.51. The van der Waals surface area contributed by atoms with Crippen molar-refractivity contribution >= 4 is 18.2 Å². The topological polar surface area (TPSA) is 94.2 Å². The molecule has 1 saturated heterocycles. The molecule has 0 aromatic heterocycles. The van der Waals surface area contributed by atoms with E-state index in [-0.39, 0.29) is 18.6 Å². The number of nitrogens with one attached hydrogen (secondary N) is 1. The number of benzene rings is 1. The number of nitrogens with zero attached hydrogens (tertiary/aromatic N) is 1. The summed E-state index contributed by atoms with van der Waals surface area (Å²) in [5.41, 5.74) is 0.860. The quantitative estimate of drug-likeness (QED) is 0.566. The average molecular weight is 392 g/mol. The maximum absolute atomic E-state index is 12.1. The van der Waals surface area contributed by atoms with E-state index in [4.69, 9.17) is 14.2 Å². The van der Waals surface area contributed by atoms with Gasteiger partial charge in [-0.2, -0.15) is 0 Å². The molecular formula is C20H28N2O6. The molecule has 2 rings (SSSR count). The van der Waals surface area contributed by atoms with Crippen molar-refractivity contribution in [1.82, 2.24) is 10.2 Å². The molecule has 1 heterocycles. The van der Waals surface area contributed by atoms with E-state index in [1.807, 2.05) is 30.3 Å². The first-order valence-corrected chi connectivity index (χ1v) is 9.50. The number of piperidine rings is 1. The second-order valence-corrected chi connectivity index (χ2v) is 6.65. The van der Waals surface area contributed by atoms with Gasteiger partial charge in [-0.25, -0.2) is 14.4 Å². The SMILES string of the molecule is CCOC(=O)N1CCC(CC(NC(=O)OCc2ccccc2)C(=O)OC)CC1. The van der Waals surface area contributed by atoms with Crippen LogP contribution in [0.2, 0.25) is 0 Å². The van der Waals surface area contributed by atoms with Crippen LogP contribution in [0.15, 0.2) is 30.3 Å². The van der Waals surface area contributed by atoms with Gasteiger partial charge in [-0.1, -0.05) is 30.3 Å². The van der Waals surface area contributed by atoms with Crippen molar-refractivity contribution in [3.05, 3.63) is 35.9 Å². The molecule has 1 atom stereocenters. The van der Waals surface area contributed by atoms with Crippen LogP contribution in [0.4, 0.5) is 9.59 Å². The second kappa shape index (κ2) is 11.2. The van der Waals surface area contributed by atoms with E-state index in [0.717, 1.165) is 18.4 Å². The first-order valence-electron chi connectivity index (χ1n) is 9.50. The average Bonchev–Trinajstić information content (AvgIpc) is 2.72. The molecule has 28 heavy (non-hydrogen) atoms. The molecule has 8 nitrogen and oxygen atoms in total. The van der Waals surface area contributed by atoms with Crippen LogP contribution >= 0.6 is 0 Å². The minimum Gasteiger partial charge on any atom is -0.467 e. The Balaban J connectivity index is 1.82. The summed E-state index contributed by atoms with van der Waals surface area (Å²) >= 11 is 0. The summed E-state index contributed by atoms with van der Waals surface area (Å²) in [5, 5.41) is 2.60. The molecule has 1 N–H and O–H groups in total. The molecule has 1 aliphatic heterocycles. The lowest BCUT2D eigenvalue weighted by molar-refractivity contribution is -0.143. The Morgan fingerprint density at radius 3 is 2.43 bits per heavy atom. The molecule has 1 aromatic carbocycles. The Morgan fingerprint density at radius 2 is 1.82 bits per heavy atom. The highest BCUT2D eigenvalue weighted by Crippen LogP contribution is 2.23. The molecule has 154 valence electrons. The van der Waals surface area contributed by atoms with Crippen LogP contribution < -0.4 is 5.32 Å². The van der Waals surface area contributed by atoms with E-state index >= 15 is 0 Å². The first kappa shape index (κ1) is 21.5.